The number of aliphatic hydroxyl groups is 1. The summed E-state index contributed by atoms with van der Waals surface area (Å²) < 4.78 is 13.1. The zero-order valence-electron chi connectivity index (χ0n) is 10.0. The summed E-state index contributed by atoms with van der Waals surface area (Å²) in [6, 6.07) is 4.31. The molecule has 0 radical (unpaired) electrons. The predicted molar refractivity (Wildman–Crippen MR) is 67.7 cm³/mol. The molecule has 3 heteroatoms. The van der Waals surface area contributed by atoms with Crippen molar-refractivity contribution in [2.45, 2.75) is 45.1 Å². The molecule has 0 bridgehead atoms. The Morgan fingerprint density at radius 3 is 2.71 bits per heavy atom. The molecular weight excluding hydrogens is 239 g/mol. The SMILES string of the molecule is CC1(C(O)Cc2cc(F)ccc2Cl)CCCC1. The quantitative estimate of drug-likeness (QED) is 0.868. The van der Waals surface area contributed by atoms with Gasteiger partial charge < -0.3 is 5.11 Å². The molecule has 1 aromatic rings. The lowest BCUT2D eigenvalue weighted by Gasteiger charge is -2.30. The smallest absolute Gasteiger partial charge is 0.123 e. The van der Waals surface area contributed by atoms with Crippen LogP contribution in [0.5, 0.6) is 0 Å². The molecule has 1 fully saturated rings. The number of rotatable bonds is 3. The topological polar surface area (TPSA) is 20.2 Å². The maximum atomic E-state index is 13.1. The average molecular weight is 257 g/mol. The minimum absolute atomic E-state index is 0.0321. The summed E-state index contributed by atoms with van der Waals surface area (Å²) in [5.41, 5.74) is 0.669. The summed E-state index contributed by atoms with van der Waals surface area (Å²) in [4.78, 5) is 0. The van der Waals surface area contributed by atoms with Crippen LogP contribution >= 0.6 is 11.6 Å². The van der Waals surface area contributed by atoms with Crippen molar-refractivity contribution in [3.05, 3.63) is 34.6 Å². The number of hydrogen-bond acceptors (Lipinski definition) is 1. The molecule has 0 saturated heterocycles. The molecule has 0 amide bonds. The molecule has 1 aliphatic carbocycles. The second kappa shape index (κ2) is 4.95. The van der Waals surface area contributed by atoms with Crippen LogP contribution in [0.25, 0.3) is 0 Å². The molecule has 1 nitrogen and oxygen atoms in total. The molecule has 1 unspecified atom stereocenters. The molecule has 1 saturated carbocycles. The number of hydrogen-bond donors (Lipinski definition) is 1. The Balaban J connectivity index is 2.12. The van der Waals surface area contributed by atoms with E-state index in [1.807, 2.05) is 0 Å². The lowest BCUT2D eigenvalue weighted by molar-refractivity contribution is 0.0423. The highest BCUT2D eigenvalue weighted by Gasteiger charge is 2.36. The van der Waals surface area contributed by atoms with Gasteiger partial charge in [0.25, 0.3) is 0 Å². The second-order valence-electron chi connectivity index (χ2n) is 5.32. The summed E-state index contributed by atoms with van der Waals surface area (Å²) in [6.07, 6.45) is 4.42. The molecule has 0 heterocycles. The van der Waals surface area contributed by atoms with E-state index in [9.17, 15) is 9.50 Å². The first-order chi connectivity index (χ1) is 8.01. The monoisotopic (exact) mass is 256 g/mol. The van der Waals surface area contributed by atoms with Crippen LogP contribution in [0.3, 0.4) is 0 Å². The van der Waals surface area contributed by atoms with Gasteiger partial charge in [-0.25, -0.2) is 4.39 Å². The fourth-order valence-electron chi connectivity index (χ4n) is 2.67. The van der Waals surface area contributed by atoms with Gasteiger partial charge in [-0.2, -0.15) is 0 Å². The molecule has 0 aromatic heterocycles. The maximum Gasteiger partial charge on any atom is 0.123 e. The highest BCUT2D eigenvalue weighted by molar-refractivity contribution is 6.31. The van der Waals surface area contributed by atoms with Crippen molar-refractivity contribution in [1.29, 1.82) is 0 Å². The molecule has 1 aliphatic rings. The highest BCUT2D eigenvalue weighted by Crippen LogP contribution is 2.41. The molecule has 0 spiro atoms. The minimum atomic E-state index is -0.440. The van der Waals surface area contributed by atoms with Crippen LogP contribution in [0.1, 0.15) is 38.2 Å². The molecule has 0 aliphatic heterocycles. The fraction of sp³-hybridized carbons (Fsp3) is 0.571. The van der Waals surface area contributed by atoms with Crippen molar-refractivity contribution < 1.29 is 9.50 Å². The van der Waals surface area contributed by atoms with E-state index in [2.05, 4.69) is 6.92 Å². The highest BCUT2D eigenvalue weighted by atomic mass is 35.5. The molecule has 1 aromatic carbocycles. The summed E-state index contributed by atoms with van der Waals surface area (Å²) in [7, 11) is 0. The number of halogens is 2. The van der Waals surface area contributed by atoms with E-state index in [0.29, 0.717) is 17.0 Å². The predicted octanol–water partition coefficient (Wildman–Crippen LogP) is 3.96. The Kier molecular flexibility index (Phi) is 3.74. The number of aliphatic hydroxyl groups excluding tert-OH is 1. The van der Waals surface area contributed by atoms with Crippen LogP contribution in [-0.2, 0) is 6.42 Å². The van der Waals surface area contributed by atoms with Gasteiger partial charge in [0, 0.05) is 11.4 Å². The van der Waals surface area contributed by atoms with Gasteiger partial charge in [0.2, 0.25) is 0 Å². The first-order valence-corrected chi connectivity index (χ1v) is 6.51. The molecule has 1 atom stereocenters. The fourth-order valence-corrected chi connectivity index (χ4v) is 2.87. The zero-order chi connectivity index (χ0) is 12.5. The first kappa shape index (κ1) is 12.8. The van der Waals surface area contributed by atoms with Crippen LogP contribution in [-0.4, -0.2) is 11.2 Å². The van der Waals surface area contributed by atoms with Gasteiger partial charge in [-0.15, -0.1) is 0 Å². The van der Waals surface area contributed by atoms with Gasteiger partial charge in [0.15, 0.2) is 0 Å². The van der Waals surface area contributed by atoms with Crippen molar-refractivity contribution in [1.82, 2.24) is 0 Å². The van der Waals surface area contributed by atoms with E-state index in [1.54, 1.807) is 6.07 Å². The van der Waals surface area contributed by atoms with Crippen molar-refractivity contribution in [2.24, 2.45) is 5.41 Å². The second-order valence-corrected chi connectivity index (χ2v) is 5.72. The van der Waals surface area contributed by atoms with E-state index >= 15 is 0 Å². The summed E-state index contributed by atoms with van der Waals surface area (Å²) in [5.74, 6) is -0.298. The van der Waals surface area contributed by atoms with Crippen molar-refractivity contribution in [3.63, 3.8) is 0 Å². The van der Waals surface area contributed by atoms with Crippen LogP contribution < -0.4 is 0 Å². The van der Waals surface area contributed by atoms with Gasteiger partial charge in [-0.3, -0.25) is 0 Å². The number of benzene rings is 1. The van der Waals surface area contributed by atoms with Gasteiger partial charge in [-0.05, 0) is 42.0 Å². The Labute approximate surface area is 107 Å². The summed E-state index contributed by atoms with van der Waals surface area (Å²) in [6.45, 7) is 2.11. The Morgan fingerprint density at radius 2 is 2.06 bits per heavy atom. The Bertz CT molecular complexity index is 399. The molecule has 2 rings (SSSR count). The third-order valence-electron chi connectivity index (χ3n) is 3.97. The van der Waals surface area contributed by atoms with E-state index in [1.165, 1.54) is 25.0 Å². The molecule has 94 valence electrons. The van der Waals surface area contributed by atoms with Crippen LogP contribution in [0.4, 0.5) is 4.39 Å². The van der Waals surface area contributed by atoms with E-state index in [4.69, 9.17) is 11.6 Å². The maximum absolute atomic E-state index is 13.1. The van der Waals surface area contributed by atoms with Crippen LogP contribution in [0.2, 0.25) is 5.02 Å². The van der Waals surface area contributed by atoms with Crippen molar-refractivity contribution >= 4 is 11.6 Å². The van der Waals surface area contributed by atoms with E-state index < -0.39 is 6.10 Å². The Hall–Kier alpha value is -0.600. The summed E-state index contributed by atoms with van der Waals surface area (Å²) >= 11 is 6.01. The van der Waals surface area contributed by atoms with Gasteiger partial charge in [0.1, 0.15) is 5.82 Å². The first-order valence-electron chi connectivity index (χ1n) is 6.13. The molecule has 1 N–H and O–H groups in total. The van der Waals surface area contributed by atoms with Crippen LogP contribution in [0, 0.1) is 11.2 Å². The molecular formula is C14H18ClFO. The Morgan fingerprint density at radius 1 is 1.41 bits per heavy atom. The zero-order valence-corrected chi connectivity index (χ0v) is 10.8. The van der Waals surface area contributed by atoms with Crippen molar-refractivity contribution in [3.8, 4) is 0 Å². The standard InChI is InChI=1S/C14H18ClFO/c1-14(6-2-3-7-14)13(17)9-10-8-11(16)4-5-12(10)15/h4-5,8,13,17H,2-3,6-7,9H2,1H3. The normalized spacial score (nSPS) is 20.5. The van der Waals surface area contributed by atoms with Gasteiger partial charge in [-0.1, -0.05) is 31.4 Å². The third kappa shape index (κ3) is 2.80. The lowest BCUT2D eigenvalue weighted by Crippen LogP contribution is -2.31. The largest absolute Gasteiger partial charge is 0.392 e. The van der Waals surface area contributed by atoms with Gasteiger partial charge >= 0.3 is 0 Å². The molecule has 17 heavy (non-hydrogen) atoms. The van der Waals surface area contributed by atoms with E-state index in [-0.39, 0.29) is 11.2 Å². The van der Waals surface area contributed by atoms with Gasteiger partial charge in [0.05, 0.1) is 6.10 Å². The minimum Gasteiger partial charge on any atom is -0.392 e. The van der Waals surface area contributed by atoms with Crippen molar-refractivity contribution in [2.75, 3.05) is 0 Å². The van der Waals surface area contributed by atoms with E-state index in [0.717, 1.165) is 12.8 Å². The van der Waals surface area contributed by atoms with Crippen LogP contribution in [0.15, 0.2) is 18.2 Å². The summed E-state index contributed by atoms with van der Waals surface area (Å²) in [5, 5.41) is 10.8. The lowest BCUT2D eigenvalue weighted by atomic mass is 9.80. The third-order valence-corrected chi connectivity index (χ3v) is 4.34. The average Bonchev–Trinajstić information content (AvgIpc) is 2.72.